The molecular weight excluding hydrogens is 526 g/mol. The second-order valence-electron chi connectivity index (χ2n) is 11.1. The van der Waals surface area contributed by atoms with Gasteiger partial charge in [0.15, 0.2) is 0 Å². The zero-order valence-electron chi connectivity index (χ0n) is 22.7. The molecule has 3 aromatic rings. The van der Waals surface area contributed by atoms with E-state index >= 15 is 0 Å². The number of hydrogen-bond donors (Lipinski definition) is 5. The van der Waals surface area contributed by atoms with E-state index in [9.17, 15) is 24.9 Å². The first-order valence-corrected chi connectivity index (χ1v) is 13.7. The standard InChI is InChI=1S/C17H23NO.C14H10N2O6/c1-18-9-8-17-7-3-2-4-14(17)16(18)10-12-5-6-13(19)11-15(12)17;17-11-3-1-7(5-9(11)13(19)20)15-16-8-2-4-12(18)10(6-8)14(21)22/h5-6,11,14,16,19H,2-4,7-10H2,1H3;1-6,17-18H,(H,19,20)(H,21,22)/b;16-15+/t14-,16+,17+;/m0./s1. The first-order valence-electron chi connectivity index (χ1n) is 13.7. The maximum Gasteiger partial charge on any atom is 0.339 e. The van der Waals surface area contributed by atoms with Gasteiger partial charge in [-0.2, -0.15) is 10.2 Å². The van der Waals surface area contributed by atoms with E-state index in [-0.39, 0.29) is 22.5 Å². The number of piperidine rings is 1. The summed E-state index contributed by atoms with van der Waals surface area (Å²) in [6.07, 6.45) is 7.93. The lowest BCUT2D eigenvalue weighted by Crippen LogP contribution is -2.59. The summed E-state index contributed by atoms with van der Waals surface area (Å²) < 4.78 is 0. The van der Waals surface area contributed by atoms with Gasteiger partial charge in [-0.05, 0) is 105 Å². The molecule has 3 atom stereocenters. The van der Waals surface area contributed by atoms with E-state index in [0.717, 1.165) is 36.2 Å². The molecule has 1 saturated carbocycles. The van der Waals surface area contributed by atoms with Gasteiger partial charge < -0.3 is 30.4 Å². The maximum atomic E-state index is 10.9. The Kier molecular flexibility index (Phi) is 7.68. The molecule has 1 saturated heterocycles. The number of aromatic hydroxyl groups is 3. The van der Waals surface area contributed by atoms with Crippen molar-refractivity contribution in [2.75, 3.05) is 13.6 Å². The minimum atomic E-state index is -1.31. The van der Waals surface area contributed by atoms with Gasteiger partial charge in [-0.1, -0.05) is 18.9 Å². The number of fused-ring (bicyclic) bond motifs is 1. The predicted molar refractivity (Wildman–Crippen MR) is 151 cm³/mol. The number of likely N-dealkylation sites (tertiary alicyclic amines) is 1. The van der Waals surface area contributed by atoms with Gasteiger partial charge in [0.25, 0.3) is 0 Å². The normalized spacial score (nSPS) is 23.1. The van der Waals surface area contributed by atoms with Gasteiger partial charge in [-0.3, -0.25) is 0 Å². The van der Waals surface area contributed by atoms with Crippen molar-refractivity contribution in [3.63, 3.8) is 0 Å². The lowest BCUT2D eigenvalue weighted by atomic mass is 9.52. The highest BCUT2D eigenvalue weighted by Gasteiger charge is 2.53. The van der Waals surface area contributed by atoms with Gasteiger partial charge in [-0.25, -0.2) is 9.59 Å². The summed E-state index contributed by atoms with van der Waals surface area (Å²) in [5, 5.41) is 53.9. The van der Waals surface area contributed by atoms with E-state index in [4.69, 9.17) is 10.2 Å². The molecular formula is C31H33N3O7. The molecule has 0 radical (unpaired) electrons. The molecule has 1 aliphatic heterocycles. The van der Waals surface area contributed by atoms with Crippen molar-refractivity contribution < 1.29 is 35.1 Å². The fraction of sp³-hybridized carbons (Fsp3) is 0.355. The second-order valence-corrected chi connectivity index (χ2v) is 11.1. The molecule has 2 bridgehead atoms. The number of likely N-dealkylation sites (N-methyl/N-ethyl adjacent to an activating group) is 1. The van der Waals surface area contributed by atoms with Crippen molar-refractivity contribution in [1.29, 1.82) is 0 Å². The number of hydrogen-bond acceptors (Lipinski definition) is 8. The topological polar surface area (TPSA) is 163 Å². The maximum absolute atomic E-state index is 10.9. The molecule has 0 unspecified atom stereocenters. The molecule has 10 heteroatoms. The molecule has 2 aliphatic carbocycles. The highest BCUT2D eigenvalue weighted by atomic mass is 16.4. The number of rotatable bonds is 4. The molecule has 3 aromatic carbocycles. The first kappa shape index (κ1) is 28.1. The molecule has 41 heavy (non-hydrogen) atoms. The highest BCUT2D eigenvalue weighted by molar-refractivity contribution is 5.92. The number of azo groups is 1. The van der Waals surface area contributed by atoms with E-state index in [1.807, 2.05) is 6.07 Å². The number of phenolic OH excluding ortho intramolecular Hbond substituents is 1. The summed E-state index contributed by atoms with van der Waals surface area (Å²) in [6.45, 7) is 1.22. The van der Waals surface area contributed by atoms with Crippen molar-refractivity contribution in [3.8, 4) is 17.2 Å². The average Bonchev–Trinajstić information content (AvgIpc) is 2.95. The van der Waals surface area contributed by atoms with Crippen LogP contribution in [0, 0.1) is 5.92 Å². The van der Waals surface area contributed by atoms with Crippen LogP contribution in [0.4, 0.5) is 11.4 Å². The van der Waals surface area contributed by atoms with Crippen molar-refractivity contribution in [2.24, 2.45) is 16.1 Å². The van der Waals surface area contributed by atoms with Crippen molar-refractivity contribution in [2.45, 2.75) is 50.0 Å². The number of aromatic carboxylic acids is 2. The van der Waals surface area contributed by atoms with Crippen LogP contribution in [0.2, 0.25) is 0 Å². The zero-order valence-corrected chi connectivity index (χ0v) is 22.7. The number of carboxylic acids is 2. The molecule has 3 aliphatic rings. The van der Waals surface area contributed by atoms with Crippen LogP contribution in [0.25, 0.3) is 0 Å². The Labute approximate surface area is 237 Å². The lowest BCUT2D eigenvalue weighted by Gasteiger charge is -2.58. The lowest BCUT2D eigenvalue weighted by molar-refractivity contribution is 0.00274. The molecule has 5 N–H and O–H groups in total. The average molecular weight is 560 g/mol. The van der Waals surface area contributed by atoms with Crippen LogP contribution in [0.3, 0.4) is 0 Å². The predicted octanol–water partition coefficient (Wildman–Crippen LogP) is 5.99. The van der Waals surface area contributed by atoms with Crippen LogP contribution < -0.4 is 0 Å². The van der Waals surface area contributed by atoms with Gasteiger partial charge in [0.05, 0.1) is 11.4 Å². The largest absolute Gasteiger partial charge is 0.508 e. The molecule has 0 spiro atoms. The number of phenols is 3. The van der Waals surface area contributed by atoms with E-state index in [1.54, 1.807) is 0 Å². The van der Waals surface area contributed by atoms with Crippen LogP contribution in [0.15, 0.2) is 64.8 Å². The van der Waals surface area contributed by atoms with Crippen LogP contribution in [0.1, 0.15) is 63.9 Å². The van der Waals surface area contributed by atoms with Crippen molar-refractivity contribution in [1.82, 2.24) is 4.90 Å². The Morgan fingerprint density at radius 1 is 0.829 bits per heavy atom. The number of nitrogens with zero attached hydrogens (tertiary/aromatic N) is 3. The van der Waals surface area contributed by atoms with Crippen LogP contribution >= 0.6 is 0 Å². The Morgan fingerprint density at radius 3 is 2.02 bits per heavy atom. The molecule has 0 amide bonds. The van der Waals surface area contributed by atoms with Gasteiger partial charge >= 0.3 is 11.9 Å². The Hall–Kier alpha value is -4.44. The summed E-state index contributed by atoms with van der Waals surface area (Å²) in [5.74, 6) is -2.16. The minimum Gasteiger partial charge on any atom is -0.508 e. The Bertz CT molecular complexity index is 1460. The Balaban J connectivity index is 0.000000166. The fourth-order valence-electron chi connectivity index (χ4n) is 6.82. The molecule has 1 heterocycles. The van der Waals surface area contributed by atoms with E-state index < -0.39 is 23.4 Å². The summed E-state index contributed by atoms with van der Waals surface area (Å²) in [7, 11) is 2.30. The smallest absolute Gasteiger partial charge is 0.339 e. The molecule has 10 nitrogen and oxygen atoms in total. The molecule has 6 rings (SSSR count). The zero-order chi connectivity index (χ0) is 29.3. The summed E-state index contributed by atoms with van der Waals surface area (Å²) >= 11 is 0. The van der Waals surface area contributed by atoms with E-state index in [2.05, 4.69) is 34.3 Å². The quantitative estimate of drug-likeness (QED) is 0.243. The minimum absolute atomic E-state index is 0.167. The van der Waals surface area contributed by atoms with Gasteiger partial charge in [0, 0.05) is 11.5 Å². The molecule has 2 fully saturated rings. The van der Waals surface area contributed by atoms with Crippen LogP contribution in [-0.4, -0.2) is 62.0 Å². The molecule has 0 aromatic heterocycles. The Morgan fingerprint density at radius 2 is 1.44 bits per heavy atom. The van der Waals surface area contributed by atoms with Gasteiger partial charge in [0.1, 0.15) is 28.4 Å². The number of benzene rings is 3. The third-order valence-electron chi connectivity index (χ3n) is 8.80. The SMILES string of the molecule is CN1CC[C@]23CCCC[C@H]2[C@H]1Cc1ccc(O)cc13.O=C(O)c1cc(/N=N/c2ccc(O)c(C(=O)O)c2)ccc1O. The van der Waals surface area contributed by atoms with Gasteiger partial charge in [-0.15, -0.1) is 0 Å². The van der Waals surface area contributed by atoms with Crippen molar-refractivity contribution >= 4 is 23.3 Å². The van der Waals surface area contributed by atoms with E-state index in [0.29, 0.717) is 11.2 Å². The highest BCUT2D eigenvalue weighted by Crippen LogP contribution is 2.55. The third-order valence-corrected chi connectivity index (χ3v) is 8.80. The number of carboxylic acid groups (broad SMARTS) is 2. The first-order chi connectivity index (χ1) is 19.6. The summed E-state index contributed by atoms with van der Waals surface area (Å²) in [4.78, 5) is 24.3. The van der Waals surface area contributed by atoms with Gasteiger partial charge in [0.2, 0.25) is 0 Å². The molecule has 214 valence electrons. The van der Waals surface area contributed by atoms with Crippen molar-refractivity contribution in [3.05, 3.63) is 76.9 Å². The third kappa shape index (κ3) is 5.47. The monoisotopic (exact) mass is 559 g/mol. The van der Waals surface area contributed by atoms with Crippen LogP contribution in [-0.2, 0) is 11.8 Å². The van der Waals surface area contributed by atoms with E-state index in [1.165, 1.54) is 68.3 Å². The summed E-state index contributed by atoms with van der Waals surface area (Å²) in [5.41, 5.74) is 3.04. The number of carbonyl (C=O) groups is 2. The van der Waals surface area contributed by atoms with Crippen LogP contribution in [0.5, 0.6) is 17.2 Å². The fourth-order valence-corrected chi connectivity index (χ4v) is 6.82. The summed E-state index contributed by atoms with van der Waals surface area (Å²) in [6, 6.07) is 14.1. The second kappa shape index (κ2) is 11.2.